The number of hydrogen-bond donors (Lipinski definition) is 2. The summed E-state index contributed by atoms with van der Waals surface area (Å²) in [5.41, 5.74) is 0.924. The molecule has 4 rings (SSSR count). The molecule has 5 atom stereocenters. The lowest BCUT2D eigenvalue weighted by molar-refractivity contribution is -0.0647. The summed E-state index contributed by atoms with van der Waals surface area (Å²) in [6.45, 7) is 2.15. The van der Waals surface area contributed by atoms with Gasteiger partial charge in [0.2, 0.25) is 0 Å². The molecule has 0 unspecified atom stereocenters. The first-order valence-electron chi connectivity index (χ1n) is 8.61. The molecule has 3 aliphatic carbocycles. The largest absolute Gasteiger partial charge is 0.505 e. The summed E-state index contributed by atoms with van der Waals surface area (Å²) in [4.78, 5) is 0. The molecule has 0 radical (unpaired) electrons. The van der Waals surface area contributed by atoms with Gasteiger partial charge in [-0.2, -0.15) is 0 Å². The number of aryl methyl sites for hydroxylation is 1. The minimum absolute atomic E-state index is 0.226. The molecule has 0 spiro atoms. The van der Waals surface area contributed by atoms with Crippen LogP contribution in [0.15, 0.2) is 12.1 Å². The van der Waals surface area contributed by atoms with Crippen molar-refractivity contribution in [2.24, 2.45) is 17.3 Å². The average Bonchev–Trinajstić information content (AvgIpc) is 2.81. The van der Waals surface area contributed by atoms with Gasteiger partial charge in [-0.3, -0.25) is 0 Å². The predicted molar refractivity (Wildman–Crippen MR) is 86.5 cm³/mol. The molecular weight excluding hydrogens is 291 g/mol. The van der Waals surface area contributed by atoms with Gasteiger partial charge >= 0.3 is 0 Å². The maximum Gasteiger partial charge on any atom is 0.165 e. The van der Waals surface area contributed by atoms with Crippen molar-refractivity contribution in [2.75, 3.05) is 0 Å². The number of hydrogen-bond acceptors (Lipinski definition) is 2. The highest BCUT2D eigenvalue weighted by Crippen LogP contribution is 2.64. The van der Waals surface area contributed by atoms with E-state index in [1.807, 2.05) is 0 Å². The number of benzene rings is 1. The first-order valence-corrected chi connectivity index (χ1v) is 8.61. The van der Waals surface area contributed by atoms with Crippen LogP contribution < -0.4 is 0 Å². The van der Waals surface area contributed by atoms with E-state index >= 15 is 0 Å². The minimum atomic E-state index is -0.997. The molecule has 122 valence electrons. The van der Waals surface area contributed by atoms with Crippen LogP contribution in [0.5, 0.6) is 5.75 Å². The molecule has 23 heavy (non-hydrogen) atoms. The number of phenolic OH excluding ortho intramolecular Hbond substituents is 1. The quantitative estimate of drug-likeness (QED) is 0.716. The summed E-state index contributed by atoms with van der Waals surface area (Å²) in [5.74, 6) is 3.08. The molecule has 2 saturated carbocycles. The Morgan fingerprint density at radius 3 is 2.78 bits per heavy atom. The Balaban J connectivity index is 1.74. The van der Waals surface area contributed by atoms with Gasteiger partial charge in [-0.25, -0.2) is 4.39 Å². The summed E-state index contributed by atoms with van der Waals surface area (Å²) in [6.07, 6.45) is 11.0. The van der Waals surface area contributed by atoms with Crippen LogP contribution in [0, 0.1) is 35.4 Å². The van der Waals surface area contributed by atoms with Crippen LogP contribution in [-0.2, 0) is 6.42 Å². The molecule has 2 nitrogen and oxygen atoms in total. The van der Waals surface area contributed by atoms with Gasteiger partial charge < -0.3 is 10.2 Å². The molecule has 3 heteroatoms. The molecule has 0 saturated heterocycles. The Hall–Kier alpha value is -1.53. The van der Waals surface area contributed by atoms with Crippen LogP contribution in [0.3, 0.4) is 0 Å². The van der Waals surface area contributed by atoms with Crippen LogP contribution in [0.4, 0.5) is 4.39 Å². The summed E-state index contributed by atoms with van der Waals surface area (Å²) < 4.78 is 13.9. The molecule has 0 heterocycles. The Morgan fingerprint density at radius 1 is 1.26 bits per heavy atom. The standard InChI is InChI=1S/C20H23FO2/c1-3-20(23)9-7-16-14-5-4-12-10-18(22)17(21)11-15(12)13(14)6-8-19(16,20)2/h1,10-11,13-14,16,22-23H,4-9H2,2H3/t13-,14+,16-,19-,20-/m0/s1. The molecule has 1 aromatic carbocycles. The van der Waals surface area contributed by atoms with Crippen molar-refractivity contribution in [3.8, 4) is 18.1 Å². The number of terminal acetylenes is 1. The highest BCUT2D eigenvalue weighted by molar-refractivity contribution is 5.41. The number of aliphatic hydroxyl groups is 1. The number of halogens is 1. The van der Waals surface area contributed by atoms with Gasteiger partial charge in [-0.1, -0.05) is 12.8 Å². The Morgan fingerprint density at radius 2 is 2.04 bits per heavy atom. The zero-order valence-electron chi connectivity index (χ0n) is 13.5. The summed E-state index contributed by atoms with van der Waals surface area (Å²) >= 11 is 0. The number of rotatable bonds is 0. The molecule has 3 aliphatic rings. The van der Waals surface area contributed by atoms with Crippen molar-refractivity contribution in [3.63, 3.8) is 0 Å². The molecule has 0 aliphatic heterocycles. The van der Waals surface area contributed by atoms with Crippen LogP contribution in [-0.4, -0.2) is 15.8 Å². The molecule has 2 fully saturated rings. The van der Waals surface area contributed by atoms with E-state index in [1.54, 1.807) is 6.07 Å². The van der Waals surface area contributed by atoms with Crippen LogP contribution in [0.25, 0.3) is 0 Å². The zero-order valence-corrected chi connectivity index (χ0v) is 13.5. The van der Waals surface area contributed by atoms with E-state index in [-0.39, 0.29) is 11.2 Å². The molecular formula is C20H23FO2. The molecule has 0 bridgehead atoms. The second-order valence-corrected chi connectivity index (χ2v) is 7.92. The number of aromatic hydroxyl groups is 1. The number of fused-ring (bicyclic) bond motifs is 5. The van der Waals surface area contributed by atoms with E-state index in [9.17, 15) is 14.6 Å². The molecule has 0 aromatic heterocycles. The smallest absolute Gasteiger partial charge is 0.165 e. The Bertz CT molecular complexity index is 706. The van der Waals surface area contributed by atoms with Crippen molar-refractivity contribution in [2.45, 2.75) is 57.0 Å². The predicted octanol–water partition coefficient (Wildman–Crippen LogP) is 3.75. The summed E-state index contributed by atoms with van der Waals surface area (Å²) in [5, 5.41) is 20.5. The SMILES string of the molecule is C#C[C@]1(O)CC[C@H]2[C@@H]3CCc4cc(O)c(F)cc4[C@H]3CC[C@@]21C. The van der Waals surface area contributed by atoms with Gasteiger partial charge in [0.15, 0.2) is 11.6 Å². The normalized spacial score (nSPS) is 41.6. The average molecular weight is 314 g/mol. The lowest BCUT2D eigenvalue weighted by Crippen LogP contribution is -2.50. The highest BCUT2D eigenvalue weighted by Gasteiger charge is 2.61. The van der Waals surface area contributed by atoms with Crippen molar-refractivity contribution in [1.82, 2.24) is 0 Å². The zero-order chi connectivity index (χ0) is 16.4. The molecule has 1 aromatic rings. The third kappa shape index (κ3) is 1.85. The number of phenols is 1. The van der Waals surface area contributed by atoms with E-state index in [4.69, 9.17) is 6.42 Å². The van der Waals surface area contributed by atoms with E-state index < -0.39 is 11.4 Å². The van der Waals surface area contributed by atoms with Crippen LogP contribution >= 0.6 is 0 Å². The van der Waals surface area contributed by atoms with Crippen LogP contribution in [0.2, 0.25) is 0 Å². The van der Waals surface area contributed by atoms with Crippen molar-refractivity contribution in [3.05, 3.63) is 29.1 Å². The monoisotopic (exact) mass is 314 g/mol. The Labute approximate surface area is 136 Å². The Kier molecular flexibility index (Phi) is 3.09. The van der Waals surface area contributed by atoms with Crippen molar-refractivity contribution < 1.29 is 14.6 Å². The van der Waals surface area contributed by atoms with E-state index in [0.29, 0.717) is 24.2 Å². The second-order valence-electron chi connectivity index (χ2n) is 7.92. The third-order valence-corrected chi connectivity index (χ3v) is 7.18. The first-order chi connectivity index (χ1) is 10.9. The second kappa shape index (κ2) is 4.74. The van der Waals surface area contributed by atoms with E-state index in [1.165, 1.54) is 6.07 Å². The first kappa shape index (κ1) is 15.0. The maximum absolute atomic E-state index is 13.9. The fourth-order valence-corrected chi connectivity index (χ4v) is 5.83. The van der Waals surface area contributed by atoms with E-state index in [2.05, 4.69) is 12.8 Å². The fourth-order valence-electron chi connectivity index (χ4n) is 5.83. The van der Waals surface area contributed by atoms with Gasteiger partial charge in [-0.15, -0.1) is 6.42 Å². The van der Waals surface area contributed by atoms with Crippen molar-refractivity contribution >= 4 is 0 Å². The van der Waals surface area contributed by atoms with Crippen molar-refractivity contribution in [1.29, 1.82) is 0 Å². The molecule has 0 amide bonds. The van der Waals surface area contributed by atoms with Gasteiger partial charge in [-0.05, 0) is 79.5 Å². The fraction of sp³-hybridized carbons (Fsp3) is 0.600. The topological polar surface area (TPSA) is 40.5 Å². The van der Waals surface area contributed by atoms with E-state index in [0.717, 1.165) is 43.2 Å². The summed E-state index contributed by atoms with van der Waals surface area (Å²) in [7, 11) is 0. The maximum atomic E-state index is 13.9. The lowest BCUT2D eigenvalue weighted by atomic mass is 9.53. The van der Waals surface area contributed by atoms with Gasteiger partial charge in [0, 0.05) is 5.41 Å². The third-order valence-electron chi connectivity index (χ3n) is 7.18. The van der Waals surface area contributed by atoms with Gasteiger partial charge in [0.25, 0.3) is 0 Å². The van der Waals surface area contributed by atoms with Gasteiger partial charge in [0.1, 0.15) is 5.60 Å². The highest BCUT2D eigenvalue weighted by atomic mass is 19.1. The van der Waals surface area contributed by atoms with Crippen LogP contribution in [0.1, 0.15) is 56.1 Å². The molecule has 2 N–H and O–H groups in total. The lowest BCUT2D eigenvalue weighted by Gasteiger charge is -2.52. The minimum Gasteiger partial charge on any atom is -0.505 e. The summed E-state index contributed by atoms with van der Waals surface area (Å²) in [6, 6.07) is 3.13. The van der Waals surface area contributed by atoms with Gasteiger partial charge in [0.05, 0.1) is 0 Å².